The number of carbonyl (C=O) groups excluding carboxylic acids is 1. The number of carbonyl (C=O) groups is 1. The van der Waals surface area contributed by atoms with Gasteiger partial charge >= 0.3 is 0 Å². The maximum Gasteiger partial charge on any atom is 0.276 e. The largest absolute Gasteiger partial charge is 0.326 e. The van der Waals surface area contributed by atoms with Crippen LogP contribution in [0.3, 0.4) is 0 Å². The first kappa shape index (κ1) is 13.8. The van der Waals surface area contributed by atoms with Crippen LogP contribution in [-0.4, -0.2) is 28.3 Å². The Balaban J connectivity index is 2.02. The van der Waals surface area contributed by atoms with Crippen molar-refractivity contribution in [3.8, 4) is 0 Å². The van der Waals surface area contributed by atoms with Gasteiger partial charge in [0.25, 0.3) is 5.91 Å². The average Bonchev–Trinajstić information content (AvgIpc) is 2.86. The normalized spacial score (nSPS) is 17.7. The van der Waals surface area contributed by atoms with E-state index >= 15 is 0 Å². The molecule has 2 N–H and O–H groups in total. The first-order valence-electron chi connectivity index (χ1n) is 7.30. The molecule has 0 aliphatic carbocycles. The van der Waals surface area contributed by atoms with Crippen molar-refractivity contribution < 1.29 is 4.79 Å². The molecule has 3 rings (SSSR count). The second-order valence-electron chi connectivity index (χ2n) is 5.50. The standard InChI is InChI=1S/C16H20N4O/c1-3-20-15(8-11(2)18-20)16(21)19-10-13(17)9-12-6-4-5-7-14(12)19/h4-8,13H,3,9-10,17H2,1-2H3. The highest BCUT2D eigenvalue weighted by Crippen LogP contribution is 2.27. The molecule has 1 amide bonds. The van der Waals surface area contributed by atoms with E-state index in [1.165, 1.54) is 0 Å². The van der Waals surface area contributed by atoms with Crippen LogP contribution >= 0.6 is 0 Å². The minimum Gasteiger partial charge on any atom is -0.326 e. The number of anilines is 1. The minimum atomic E-state index is -0.0277. The van der Waals surface area contributed by atoms with Crippen molar-refractivity contribution in [1.29, 1.82) is 0 Å². The Morgan fingerprint density at radius 3 is 2.95 bits per heavy atom. The number of para-hydroxylation sites is 1. The summed E-state index contributed by atoms with van der Waals surface area (Å²) in [6, 6.07) is 9.78. The van der Waals surface area contributed by atoms with E-state index in [2.05, 4.69) is 5.10 Å². The lowest BCUT2D eigenvalue weighted by Crippen LogP contribution is -2.46. The fourth-order valence-corrected chi connectivity index (χ4v) is 2.92. The number of aromatic nitrogens is 2. The van der Waals surface area contributed by atoms with E-state index < -0.39 is 0 Å². The Kier molecular flexibility index (Phi) is 3.51. The number of rotatable bonds is 2. The summed E-state index contributed by atoms with van der Waals surface area (Å²) < 4.78 is 1.75. The Morgan fingerprint density at radius 1 is 1.43 bits per heavy atom. The van der Waals surface area contributed by atoms with E-state index in [1.54, 1.807) is 9.58 Å². The molecule has 1 atom stereocenters. The zero-order valence-corrected chi connectivity index (χ0v) is 12.4. The van der Waals surface area contributed by atoms with Crippen molar-refractivity contribution in [3.63, 3.8) is 0 Å². The van der Waals surface area contributed by atoms with Gasteiger partial charge in [0.15, 0.2) is 0 Å². The molecule has 0 radical (unpaired) electrons. The summed E-state index contributed by atoms with van der Waals surface area (Å²) in [4.78, 5) is 14.7. The van der Waals surface area contributed by atoms with Gasteiger partial charge in [-0.25, -0.2) is 0 Å². The second-order valence-corrected chi connectivity index (χ2v) is 5.50. The molecular weight excluding hydrogens is 264 g/mol. The van der Waals surface area contributed by atoms with Gasteiger partial charge in [-0.3, -0.25) is 9.48 Å². The van der Waals surface area contributed by atoms with Crippen LogP contribution in [0.15, 0.2) is 30.3 Å². The van der Waals surface area contributed by atoms with Gasteiger partial charge in [0.05, 0.1) is 5.69 Å². The average molecular weight is 284 g/mol. The van der Waals surface area contributed by atoms with E-state index in [1.807, 2.05) is 44.2 Å². The molecule has 1 unspecified atom stereocenters. The Hall–Kier alpha value is -2.14. The van der Waals surface area contributed by atoms with Gasteiger partial charge in [-0.1, -0.05) is 18.2 Å². The van der Waals surface area contributed by atoms with E-state index in [-0.39, 0.29) is 11.9 Å². The molecule has 0 spiro atoms. The van der Waals surface area contributed by atoms with Crippen molar-refractivity contribution in [2.75, 3.05) is 11.4 Å². The lowest BCUT2D eigenvalue weighted by atomic mass is 9.98. The molecule has 1 aromatic heterocycles. The zero-order chi connectivity index (χ0) is 15.0. The van der Waals surface area contributed by atoms with Crippen LogP contribution in [0.2, 0.25) is 0 Å². The fraction of sp³-hybridized carbons (Fsp3) is 0.375. The predicted octanol–water partition coefficient (Wildman–Crippen LogP) is 1.74. The smallest absolute Gasteiger partial charge is 0.276 e. The van der Waals surface area contributed by atoms with Gasteiger partial charge in [-0.05, 0) is 38.0 Å². The molecule has 2 heterocycles. The van der Waals surface area contributed by atoms with Crippen LogP contribution in [0.1, 0.15) is 28.7 Å². The summed E-state index contributed by atoms with van der Waals surface area (Å²) in [6.07, 6.45) is 0.812. The summed E-state index contributed by atoms with van der Waals surface area (Å²) in [5, 5.41) is 4.36. The van der Waals surface area contributed by atoms with Crippen LogP contribution in [0.5, 0.6) is 0 Å². The van der Waals surface area contributed by atoms with Crippen molar-refractivity contribution in [1.82, 2.24) is 9.78 Å². The maximum absolute atomic E-state index is 12.9. The highest BCUT2D eigenvalue weighted by atomic mass is 16.2. The van der Waals surface area contributed by atoms with E-state index in [0.717, 1.165) is 23.4 Å². The molecule has 2 aromatic rings. The van der Waals surface area contributed by atoms with E-state index in [4.69, 9.17) is 5.73 Å². The van der Waals surface area contributed by atoms with Gasteiger partial charge in [-0.15, -0.1) is 0 Å². The van der Waals surface area contributed by atoms with Gasteiger partial charge in [-0.2, -0.15) is 5.10 Å². The molecule has 1 aliphatic heterocycles. The highest BCUT2D eigenvalue weighted by molar-refractivity contribution is 6.05. The summed E-state index contributed by atoms with van der Waals surface area (Å²) in [5.41, 5.74) is 9.69. The first-order valence-corrected chi connectivity index (χ1v) is 7.30. The Labute approximate surface area is 124 Å². The van der Waals surface area contributed by atoms with Crippen LogP contribution in [-0.2, 0) is 13.0 Å². The quantitative estimate of drug-likeness (QED) is 0.913. The zero-order valence-electron chi connectivity index (χ0n) is 12.4. The number of fused-ring (bicyclic) bond motifs is 1. The van der Waals surface area contributed by atoms with Crippen molar-refractivity contribution in [2.24, 2.45) is 5.73 Å². The van der Waals surface area contributed by atoms with Crippen molar-refractivity contribution in [2.45, 2.75) is 32.9 Å². The van der Waals surface area contributed by atoms with Crippen LogP contribution in [0.4, 0.5) is 5.69 Å². The summed E-state index contributed by atoms with van der Waals surface area (Å²) >= 11 is 0. The first-order chi connectivity index (χ1) is 10.1. The maximum atomic E-state index is 12.9. The molecule has 110 valence electrons. The molecule has 0 bridgehead atoms. The third-order valence-electron chi connectivity index (χ3n) is 3.85. The number of hydrogen-bond donors (Lipinski definition) is 1. The molecule has 21 heavy (non-hydrogen) atoms. The van der Waals surface area contributed by atoms with Crippen LogP contribution < -0.4 is 10.6 Å². The van der Waals surface area contributed by atoms with Gasteiger partial charge in [0, 0.05) is 24.8 Å². The van der Waals surface area contributed by atoms with Crippen LogP contribution in [0, 0.1) is 6.92 Å². The lowest BCUT2D eigenvalue weighted by Gasteiger charge is -2.33. The monoisotopic (exact) mass is 284 g/mol. The third kappa shape index (κ3) is 2.45. The lowest BCUT2D eigenvalue weighted by molar-refractivity contribution is 0.0973. The fourth-order valence-electron chi connectivity index (χ4n) is 2.92. The number of hydrogen-bond acceptors (Lipinski definition) is 3. The second kappa shape index (κ2) is 5.33. The van der Waals surface area contributed by atoms with Gasteiger partial charge in [0.2, 0.25) is 0 Å². The van der Waals surface area contributed by atoms with Crippen molar-refractivity contribution >= 4 is 11.6 Å². The molecule has 0 saturated carbocycles. The summed E-state index contributed by atoms with van der Waals surface area (Å²) in [5.74, 6) is -0.0277. The SMILES string of the molecule is CCn1nc(C)cc1C(=O)N1CC(N)Cc2ccccc21. The summed E-state index contributed by atoms with van der Waals surface area (Å²) in [6.45, 7) is 5.11. The van der Waals surface area contributed by atoms with E-state index in [0.29, 0.717) is 18.8 Å². The molecule has 0 fully saturated rings. The highest BCUT2D eigenvalue weighted by Gasteiger charge is 2.29. The van der Waals surface area contributed by atoms with E-state index in [9.17, 15) is 4.79 Å². The number of amides is 1. The molecular formula is C16H20N4O. The Morgan fingerprint density at radius 2 is 2.19 bits per heavy atom. The molecule has 0 saturated heterocycles. The molecule has 1 aliphatic rings. The Bertz CT molecular complexity index is 677. The number of nitrogens with two attached hydrogens (primary N) is 1. The third-order valence-corrected chi connectivity index (χ3v) is 3.85. The van der Waals surface area contributed by atoms with Gasteiger partial charge in [0.1, 0.15) is 5.69 Å². The topological polar surface area (TPSA) is 64.2 Å². The molecule has 1 aromatic carbocycles. The predicted molar refractivity (Wildman–Crippen MR) is 82.4 cm³/mol. The number of aryl methyl sites for hydroxylation is 2. The molecule has 5 nitrogen and oxygen atoms in total. The molecule has 5 heteroatoms. The van der Waals surface area contributed by atoms with Crippen LogP contribution in [0.25, 0.3) is 0 Å². The van der Waals surface area contributed by atoms with Gasteiger partial charge < -0.3 is 10.6 Å². The number of benzene rings is 1. The summed E-state index contributed by atoms with van der Waals surface area (Å²) in [7, 11) is 0. The number of nitrogens with zero attached hydrogens (tertiary/aromatic N) is 3. The minimum absolute atomic E-state index is 0.0251. The van der Waals surface area contributed by atoms with Crippen molar-refractivity contribution in [3.05, 3.63) is 47.3 Å².